The average Bonchev–Trinajstić information content (AvgIpc) is 3.91. The maximum absolute atomic E-state index is 13.3. The van der Waals surface area contributed by atoms with Crippen molar-refractivity contribution in [3.05, 3.63) is 107 Å². The van der Waals surface area contributed by atoms with Crippen LogP contribution in [0.2, 0.25) is 0 Å². The number of benzene rings is 2. The van der Waals surface area contributed by atoms with Crippen LogP contribution < -0.4 is 15.5 Å². The third kappa shape index (κ3) is 6.30. The lowest BCUT2D eigenvalue weighted by molar-refractivity contribution is -0.136. The second kappa shape index (κ2) is 13.8. The minimum absolute atomic E-state index is 0.166. The lowest BCUT2D eigenvalue weighted by Crippen LogP contribution is -2.52. The number of aromatic nitrogens is 3. The average molecular weight is 723 g/mol. The Morgan fingerprint density at radius 3 is 2.41 bits per heavy atom. The highest BCUT2D eigenvalue weighted by atomic mass is 16.2. The monoisotopic (exact) mass is 722 g/mol. The fraction of sp³-hybridized carbons (Fsp3) is 0.333. The van der Waals surface area contributed by atoms with Crippen LogP contribution >= 0.6 is 0 Å². The minimum Gasteiger partial charge on any atom is -0.357 e. The topological polar surface area (TPSA) is 144 Å². The molecule has 0 radical (unpaired) electrons. The summed E-state index contributed by atoms with van der Waals surface area (Å²) in [4.78, 5) is 69.6. The van der Waals surface area contributed by atoms with Crippen LogP contribution in [0.3, 0.4) is 0 Å². The SMILES string of the molecule is CN1CCC[C@@H]1c1cc2cnc(NC(=O)c3ccc(N4CCC(c5ccc(-c6cccc7c6CN(C6CCC(=O)NC6=O)C7=O)cc5)CC4)nc3)cc2[nH]1. The normalized spacial score (nSPS) is 20.8. The van der Waals surface area contributed by atoms with Crippen molar-refractivity contribution in [1.82, 2.24) is 30.1 Å². The molecule has 12 nitrogen and oxygen atoms in total. The van der Waals surface area contributed by atoms with Gasteiger partial charge in [-0.15, -0.1) is 0 Å². The highest BCUT2D eigenvalue weighted by Gasteiger charge is 2.40. The summed E-state index contributed by atoms with van der Waals surface area (Å²) in [5.74, 6) is 0.658. The molecule has 4 amide bonds. The number of carbonyl (C=O) groups is 4. The number of H-pyrrole nitrogens is 1. The largest absolute Gasteiger partial charge is 0.357 e. The second-order valence-electron chi connectivity index (χ2n) is 15.0. The van der Waals surface area contributed by atoms with Crippen molar-refractivity contribution in [3.8, 4) is 11.1 Å². The Hall–Kier alpha value is -5.88. The van der Waals surface area contributed by atoms with Crippen LogP contribution in [-0.2, 0) is 16.1 Å². The van der Waals surface area contributed by atoms with Crippen molar-refractivity contribution >= 4 is 46.2 Å². The number of amides is 4. The summed E-state index contributed by atoms with van der Waals surface area (Å²) in [5, 5.41) is 6.34. The van der Waals surface area contributed by atoms with E-state index < -0.39 is 11.9 Å². The first-order chi connectivity index (χ1) is 26.3. The number of rotatable bonds is 7. The van der Waals surface area contributed by atoms with Crippen LogP contribution in [-0.4, -0.2) is 81.1 Å². The summed E-state index contributed by atoms with van der Waals surface area (Å²) in [6.45, 7) is 3.15. The smallest absolute Gasteiger partial charge is 0.258 e. The van der Waals surface area contributed by atoms with Gasteiger partial charge in [0.05, 0.1) is 11.1 Å². The molecule has 3 N–H and O–H groups in total. The standard InChI is InChI=1S/C42H42N8O4/c1-48-17-3-6-35(48)34-20-29-23-43-37(21-33(29)45-34)46-40(52)28-11-13-38(44-22-28)49-18-15-26(16-19-49)25-7-9-27(10-8-25)30-4-2-5-31-32(30)24-50(42(31)54)36-12-14-39(51)47-41(36)53/h2,4-5,7-11,13,20-23,26,35-36,45H,3,6,12,14-19,24H2,1H3,(H,43,46,52)(H,47,51,53)/t35-,36?/m1/s1. The van der Waals surface area contributed by atoms with Crippen LogP contribution in [0.1, 0.15) is 88.0 Å². The van der Waals surface area contributed by atoms with E-state index in [0.717, 1.165) is 72.3 Å². The minimum atomic E-state index is -0.636. The van der Waals surface area contributed by atoms with Gasteiger partial charge in [-0.2, -0.15) is 0 Å². The van der Waals surface area contributed by atoms with Crippen LogP contribution in [0.4, 0.5) is 11.6 Å². The molecule has 0 aliphatic carbocycles. The fourth-order valence-corrected chi connectivity index (χ4v) is 8.73. The van der Waals surface area contributed by atoms with Crippen LogP contribution in [0.15, 0.2) is 79.1 Å². The summed E-state index contributed by atoms with van der Waals surface area (Å²) in [5.41, 5.74) is 7.45. The molecule has 3 aromatic heterocycles. The molecule has 12 heteroatoms. The number of pyridine rings is 2. The Kier molecular flexibility index (Phi) is 8.69. The first-order valence-electron chi connectivity index (χ1n) is 18.9. The maximum atomic E-state index is 13.3. The van der Waals surface area contributed by atoms with Crippen LogP contribution in [0.5, 0.6) is 0 Å². The Morgan fingerprint density at radius 1 is 0.852 bits per heavy atom. The van der Waals surface area contributed by atoms with Crippen molar-refractivity contribution in [2.24, 2.45) is 0 Å². The van der Waals surface area contributed by atoms with Crippen molar-refractivity contribution in [3.63, 3.8) is 0 Å². The number of aromatic amines is 1. The zero-order valence-electron chi connectivity index (χ0n) is 30.2. The Labute approximate surface area is 313 Å². The number of carbonyl (C=O) groups excluding carboxylic acids is 4. The molecule has 0 spiro atoms. The van der Waals surface area contributed by atoms with Gasteiger partial charge < -0.3 is 20.1 Å². The van der Waals surface area contributed by atoms with Gasteiger partial charge in [-0.1, -0.05) is 36.4 Å². The van der Waals surface area contributed by atoms with Crippen molar-refractivity contribution in [2.75, 3.05) is 36.9 Å². The van der Waals surface area contributed by atoms with Gasteiger partial charge in [-0.25, -0.2) is 9.97 Å². The number of hydrogen-bond acceptors (Lipinski definition) is 8. The molecule has 4 aliphatic rings. The predicted octanol–water partition coefficient (Wildman–Crippen LogP) is 5.79. The first kappa shape index (κ1) is 33.9. The van der Waals surface area contributed by atoms with Gasteiger partial charge in [0.25, 0.3) is 11.8 Å². The van der Waals surface area contributed by atoms with Crippen molar-refractivity contribution < 1.29 is 19.2 Å². The fourth-order valence-electron chi connectivity index (χ4n) is 8.73. The third-order valence-electron chi connectivity index (χ3n) is 11.8. The van der Waals surface area contributed by atoms with E-state index in [2.05, 4.69) is 72.8 Å². The number of likely N-dealkylation sites (tertiary alicyclic amines) is 1. The molecule has 7 heterocycles. The Bertz CT molecular complexity index is 2280. The molecule has 3 fully saturated rings. The lowest BCUT2D eigenvalue weighted by atomic mass is 9.88. The van der Waals surface area contributed by atoms with E-state index in [9.17, 15) is 19.2 Å². The molecule has 9 rings (SSSR count). The van der Waals surface area contributed by atoms with Gasteiger partial charge in [0.15, 0.2) is 0 Å². The van der Waals surface area contributed by atoms with E-state index in [1.165, 1.54) is 17.7 Å². The highest BCUT2D eigenvalue weighted by Crippen LogP contribution is 2.37. The lowest BCUT2D eigenvalue weighted by Gasteiger charge is -2.33. The summed E-state index contributed by atoms with van der Waals surface area (Å²) in [6.07, 6.45) is 8.29. The molecule has 274 valence electrons. The summed E-state index contributed by atoms with van der Waals surface area (Å²) in [7, 11) is 2.15. The quantitative estimate of drug-likeness (QED) is 0.179. The van der Waals surface area contributed by atoms with Crippen LogP contribution in [0, 0.1) is 0 Å². The third-order valence-corrected chi connectivity index (χ3v) is 11.8. The Balaban J connectivity index is 0.805. The van der Waals surface area contributed by atoms with Gasteiger partial charge in [0, 0.05) is 67.2 Å². The molecule has 3 saturated heterocycles. The van der Waals surface area contributed by atoms with Gasteiger partial charge >= 0.3 is 0 Å². The predicted molar refractivity (Wildman–Crippen MR) is 205 cm³/mol. The zero-order chi connectivity index (χ0) is 36.9. The van der Waals surface area contributed by atoms with E-state index in [1.54, 1.807) is 17.3 Å². The number of hydrogen-bond donors (Lipinski definition) is 3. The molecular weight excluding hydrogens is 681 g/mol. The van der Waals surface area contributed by atoms with Gasteiger partial charge in [-0.3, -0.25) is 29.4 Å². The molecule has 54 heavy (non-hydrogen) atoms. The number of fused-ring (bicyclic) bond motifs is 2. The number of nitrogens with zero attached hydrogens (tertiary/aromatic N) is 5. The van der Waals surface area contributed by atoms with E-state index in [1.807, 2.05) is 36.4 Å². The van der Waals surface area contributed by atoms with E-state index in [-0.39, 0.29) is 24.1 Å². The summed E-state index contributed by atoms with van der Waals surface area (Å²) < 4.78 is 0. The molecule has 1 unspecified atom stereocenters. The van der Waals surface area contributed by atoms with Crippen molar-refractivity contribution in [2.45, 2.75) is 63.1 Å². The van der Waals surface area contributed by atoms with E-state index >= 15 is 0 Å². The number of imide groups is 1. The first-order valence-corrected chi connectivity index (χ1v) is 18.9. The molecule has 5 aromatic rings. The van der Waals surface area contributed by atoms with E-state index in [4.69, 9.17) is 0 Å². The molecule has 2 aromatic carbocycles. The molecule has 0 saturated carbocycles. The molecule has 0 bridgehead atoms. The molecule has 2 atom stereocenters. The summed E-state index contributed by atoms with van der Waals surface area (Å²) in [6, 6.07) is 21.9. The Morgan fingerprint density at radius 2 is 1.67 bits per heavy atom. The zero-order valence-corrected chi connectivity index (χ0v) is 30.2. The van der Waals surface area contributed by atoms with Gasteiger partial charge in [0.2, 0.25) is 11.8 Å². The second-order valence-corrected chi connectivity index (χ2v) is 15.0. The van der Waals surface area contributed by atoms with E-state index in [0.29, 0.717) is 41.9 Å². The molecule has 4 aliphatic heterocycles. The molecular formula is C42H42N8O4. The summed E-state index contributed by atoms with van der Waals surface area (Å²) >= 11 is 0. The number of piperidine rings is 2. The number of nitrogens with one attached hydrogen (secondary N) is 3. The highest BCUT2D eigenvalue weighted by molar-refractivity contribution is 6.06. The van der Waals surface area contributed by atoms with Crippen molar-refractivity contribution in [1.29, 1.82) is 0 Å². The maximum Gasteiger partial charge on any atom is 0.258 e. The van der Waals surface area contributed by atoms with Gasteiger partial charge in [-0.05, 0) is 98.1 Å². The van der Waals surface area contributed by atoms with Gasteiger partial charge in [0.1, 0.15) is 17.7 Å². The number of anilines is 2. The van der Waals surface area contributed by atoms with Crippen LogP contribution in [0.25, 0.3) is 22.0 Å².